The molecule has 18 heavy (non-hydrogen) atoms. The molecule has 0 radical (unpaired) electrons. The molecule has 2 rings (SSSR count). The fourth-order valence-corrected chi connectivity index (χ4v) is 2.41. The molecule has 2 N–H and O–H groups in total. The van der Waals surface area contributed by atoms with Crippen LogP contribution in [-0.2, 0) is 0 Å². The van der Waals surface area contributed by atoms with Gasteiger partial charge in [0.2, 0.25) is 0 Å². The Balaban J connectivity index is 2.36. The van der Waals surface area contributed by atoms with Gasteiger partial charge in [-0.25, -0.2) is 9.97 Å². The largest absolute Gasteiger partial charge is 0.391 e. The average Bonchev–Trinajstić information content (AvgIpc) is 2.75. The summed E-state index contributed by atoms with van der Waals surface area (Å²) in [5.41, 5.74) is 1.15. The second kappa shape index (κ2) is 5.52. The molecule has 1 unspecified atom stereocenters. The van der Waals surface area contributed by atoms with E-state index >= 15 is 0 Å². The maximum absolute atomic E-state index is 9.66. The van der Waals surface area contributed by atoms with E-state index in [1.165, 1.54) is 0 Å². The summed E-state index contributed by atoms with van der Waals surface area (Å²) in [6.45, 7) is 8.74. The molecule has 0 amide bonds. The lowest BCUT2D eigenvalue weighted by molar-refractivity contribution is 0.198. The van der Waals surface area contributed by atoms with Crippen molar-refractivity contribution >= 4 is 11.6 Å². The first-order chi connectivity index (χ1) is 8.63. The van der Waals surface area contributed by atoms with E-state index in [2.05, 4.69) is 41.0 Å². The second-order valence-electron chi connectivity index (χ2n) is 5.03. The molecule has 0 bridgehead atoms. The van der Waals surface area contributed by atoms with Crippen molar-refractivity contribution in [3.05, 3.63) is 11.9 Å². The number of aromatic nitrogens is 2. The first-order valence-corrected chi connectivity index (χ1v) is 6.65. The molecule has 100 valence electrons. The normalized spacial score (nSPS) is 19.6. The minimum atomic E-state index is -0.234. The van der Waals surface area contributed by atoms with Gasteiger partial charge in [0.25, 0.3) is 0 Å². The molecule has 2 heterocycles. The Kier molecular flexibility index (Phi) is 4.01. The summed E-state index contributed by atoms with van der Waals surface area (Å²) < 4.78 is 0. The molecule has 1 atom stereocenters. The number of aliphatic hydroxyl groups excluding tert-OH is 1. The first-order valence-electron chi connectivity index (χ1n) is 6.65. The van der Waals surface area contributed by atoms with Crippen molar-refractivity contribution in [2.75, 3.05) is 29.9 Å². The number of nitrogens with one attached hydrogen (secondary N) is 1. The maximum Gasteiger partial charge on any atom is 0.137 e. The number of hydrogen-bond acceptors (Lipinski definition) is 5. The zero-order valence-electron chi connectivity index (χ0n) is 11.3. The Bertz CT molecular complexity index is 408. The van der Waals surface area contributed by atoms with Crippen LogP contribution in [0.5, 0.6) is 0 Å². The topological polar surface area (TPSA) is 61.3 Å². The van der Waals surface area contributed by atoms with Gasteiger partial charge in [0.05, 0.1) is 6.10 Å². The lowest BCUT2D eigenvalue weighted by atomic mass is 10.0. The molecule has 5 heteroatoms. The van der Waals surface area contributed by atoms with Crippen LogP contribution in [-0.4, -0.2) is 40.8 Å². The Labute approximate surface area is 108 Å². The van der Waals surface area contributed by atoms with Crippen molar-refractivity contribution in [2.45, 2.75) is 39.2 Å². The van der Waals surface area contributed by atoms with Gasteiger partial charge in [-0.1, -0.05) is 13.8 Å². The summed E-state index contributed by atoms with van der Waals surface area (Å²) in [4.78, 5) is 10.9. The monoisotopic (exact) mass is 250 g/mol. The number of rotatable bonds is 4. The third-order valence-electron chi connectivity index (χ3n) is 3.25. The van der Waals surface area contributed by atoms with E-state index in [0.717, 1.165) is 36.7 Å². The van der Waals surface area contributed by atoms with Crippen LogP contribution in [0.25, 0.3) is 0 Å². The molecule has 1 fully saturated rings. The van der Waals surface area contributed by atoms with Gasteiger partial charge in [-0.15, -0.1) is 0 Å². The summed E-state index contributed by atoms with van der Waals surface area (Å²) in [6.07, 6.45) is 2.18. The number of aliphatic hydroxyl groups is 1. The SMILES string of the molecule is CCNc1ncnc(N2CCC(O)C2)c1C(C)C. The molecule has 1 aliphatic heterocycles. The quantitative estimate of drug-likeness (QED) is 0.850. The molecule has 1 aromatic rings. The fourth-order valence-electron chi connectivity index (χ4n) is 2.41. The Hall–Kier alpha value is -1.36. The summed E-state index contributed by atoms with van der Waals surface area (Å²) in [6, 6.07) is 0. The van der Waals surface area contributed by atoms with Crippen LogP contribution in [0, 0.1) is 0 Å². The minimum Gasteiger partial charge on any atom is -0.391 e. The van der Waals surface area contributed by atoms with Crippen molar-refractivity contribution in [1.82, 2.24) is 9.97 Å². The van der Waals surface area contributed by atoms with Crippen molar-refractivity contribution in [1.29, 1.82) is 0 Å². The lowest BCUT2D eigenvalue weighted by Gasteiger charge is -2.23. The van der Waals surface area contributed by atoms with Crippen LogP contribution in [0.4, 0.5) is 11.6 Å². The van der Waals surface area contributed by atoms with Crippen molar-refractivity contribution in [2.24, 2.45) is 0 Å². The zero-order valence-corrected chi connectivity index (χ0v) is 11.3. The highest BCUT2D eigenvalue weighted by molar-refractivity contribution is 5.60. The number of anilines is 2. The lowest BCUT2D eigenvalue weighted by Crippen LogP contribution is -2.24. The van der Waals surface area contributed by atoms with Gasteiger partial charge in [0.1, 0.15) is 18.0 Å². The predicted octanol–water partition coefficient (Wildman–Crippen LogP) is 1.60. The van der Waals surface area contributed by atoms with Gasteiger partial charge < -0.3 is 15.3 Å². The van der Waals surface area contributed by atoms with E-state index in [9.17, 15) is 5.11 Å². The zero-order chi connectivity index (χ0) is 13.1. The standard InChI is InChI=1S/C13H22N4O/c1-4-14-12-11(9(2)3)13(16-8-15-12)17-6-5-10(18)7-17/h8-10,18H,4-7H2,1-3H3,(H,14,15,16). The number of nitrogens with zero attached hydrogens (tertiary/aromatic N) is 3. The highest BCUT2D eigenvalue weighted by Gasteiger charge is 2.25. The van der Waals surface area contributed by atoms with Gasteiger partial charge in [0.15, 0.2) is 0 Å². The minimum absolute atomic E-state index is 0.234. The van der Waals surface area contributed by atoms with Crippen molar-refractivity contribution in [3.63, 3.8) is 0 Å². The van der Waals surface area contributed by atoms with Gasteiger partial charge >= 0.3 is 0 Å². The molecule has 1 aliphatic rings. The molecular weight excluding hydrogens is 228 g/mol. The smallest absolute Gasteiger partial charge is 0.137 e. The second-order valence-corrected chi connectivity index (χ2v) is 5.03. The molecular formula is C13H22N4O. The van der Waals surface area contributed by atoms with Crippen LogP contribution in [0.15, 0.2) is 6.33 Å². The third kappa shape index (κ3) is 2.56. The van der Waals surface area contributed by atoms with Crippen LogP contribution >= 0.6 is 0 Å². The summed E-state index contributed by atoms with van der Waals surface area (Å²) in [7, 11) is 0. The van der Waals surface area contributed by atoms with Crippen LogP contribution in [0.2, 0.25) is 0 Å². The van der Waals surface area contributed by atoms with E-state index in [4.69, 9.17) is 0 Å². The van der Waals surface area contributed by atoms with Gasteiger partial charge in [-0.3, -0.25) is 0 Å². The molecule has 0 aliphatic carbocycles. The molecule has 0 saturated carbocycles. The van der Waals surface area contributed by atoms with E-state index < -0.39 is 0 Å². The van der Waals surface area contributed by atoms with E-state index in [-0.39, 0.29) is 6.10 Å². The summed E-state index contributed by atoms with van der Waals surface area (Å²) >= 11 is 0. The molecule has 5 nitrogen and oxygen atoms in total. The predicted molar refractivity (Wildman–Crippen MR) is 73.1 cm³/mol. The number of β-amino-alcohol motifs (C(OH)–C–C–N with tert-alkyl or cyclic N) is 1. The molecule has 1 saturated heterocycles. The fraction of sp³-hybridized carbons (Fsp3) is 0.692. The van der Waals surface area contributed by atoms with Crippen LogP contribution in [0.3, 0.4) is 0 Å². The number of hydrogen-bond donors (Lipinski definition) is 2. The van der Waals surface area contributed by atoms with Crippen molar-refractivity contribution in [3.8, 4) is 0 Å². The average molecular weight is 250 g/mol. The first kappa shape index (κ1) is 13.1. The Morgan fingerprint density at radius 3 is 2.83 bits per heavy atom. The van der Waals surface area contributed by atoms with Gasteiger partial charge in [0, 0.05) is 25.2 Å². The van der Waals surface area contributed by atoms with E-state index in [1.807, 2.05) is 0 Å². The highest BCUT2D eigenvalue weighted by Crippen LogP contribution is 2.32. The Morgan fingerprint density at radius 2 is 2.28 bits per heavy atom. The van der Waals surface area contributed by atoms with Gasteiger partial charge in [-0.05, 0) is 19.3 Å². The van der Waals surface area contributed by atoms with Crippen LogP contribution in [0.1, 0.15) is 38.7 Å². The Morgan fingerprint density at radius 1 is 1.50 bits per heavy atom. The summed E-state index contributed by atoms with van der Waals surface area (Å²) in [5, 5.41) is 13.0. The molecule has 0 spiro atoms. The molecule has 1 aromatic heterocycles. The van der Waals surface area contributed by atoms with E-state index in [1.54, 1.807) is 6.33 Å². The van der Waals surface area contributed by atoms with Crippen molar-refractivity contribution < 1.29 is 5.11 Å². The van der Waals surface area contributed by atoms with Gasteiger partial charge in [-0.2, -0.15) is 0 Å². The maximum atomic E-state index is 9.66. The van der Waals surface area contributed by atoms with Crippen LogP contribution < -0.4 is 10.2 Å². The molecule has 0 aromatic carbocycles. The summed E-state index contributed by atoms with van der Waals surface area (Å²) in [5.74, 6) is 2.24. The highest BCUT2D eigenvalue weighted by atomic mass is 16.3. The third-order valence-corrected chi connectivity index (χ3v) is 3.25. The van der Waals surface area contributed by atoms with E-state index in [0.29, 0.717) is 12.5 Å².